The molecule has 0 aliphatic heterocycles. The number of fused-ring (bicyclic) bond motifs is 1. The molecule has 5 aromatic rings. The van der Waals surface area contributed by atoms with Crippen molar-refractivity contribution in [3.05, 3.63) is 112 Å². The summed E-state index contributed by atoms with van der Waals surface area (Å²) >= 11 is 6.24. The molecular weight excluding hydrogens is 522 g/mol. The van der Waals surface area contributed by atoms with Gasteiger partial charge in [-0.1, -0.05) is 60.1 Å². The molecule has 7 nitrogen and oxygen atoms in total. The van der Waals surface area contributed by atoms with Crippen molar-refractivity contribution in [3.63, 3.8) is 0 Å². The molecule has 0 amide bonds. The highest BCUT2D eigenvalue weighted by molar-refractivity contribution is 7.92. The van der Waals surface area contributed by atoms with E-state index in [0.717, 1.165) is 11.1 Å². The Morgan fingerprint density at radius 3 is 2.29 bits per heavy atom. The maximum Gasteiger partial charge on any atom is 0.194 e. The first-order valence-corrected chi connectivity index (χ1v) is 13.8. The number of hydrogen-bond donors (Lipinski definition) is 1. The lowest BCUT2D eigenvalue weighted by atomic mass is 9.97. The fourth-order valence-corrected chi connectivity index (χ4v) is 5.84. The van der Waals surface area contributed by atoms with Crippen LogP contribution >= 0.6 is 11.6 Å². The average molecular weight is 544 g/mol. The van der Waals surface area contributed by atoms with Crippen molar-refractivity contribution in [1.82, 2.24) is 15.0 Å². The standard InChI is InChI=1S/C29H22ClN3O4S/c1-18-12-20(14-26(30)32-18)24-15-25-28(35)21(13-22(34)17-38(36,37)23-10-6-3-7-11-23)16-31-29(25)33-27(24)19-8-4-2-5-9-19/h2-12,14-16H,13,17H2,1H3,(H,31,33,35). The average Bonchev–Trinajstić information content (AvgIpc) is 2.90. The maximum absolute atomic E-state index is 13.5. The lowest BCUT2D eigenvalue weighted by molar-refractivity contribution is -0.116. The number of pyridine rings is 3. The smallest absolute Gasteiger partial charge is 0.194 e. The van der Waals surface area contributed by atoms with Crippen molar-refractivity contribution in [2.45, 2.75) is 18.2 Å². The van der Waals surface area contributed by atoms with Crippen molar-refractivity contribution in [2.24, 2.45) is 0 Å². The zero-order valence-electron chi connectivity index (χ0n) is 20.3. The number of hydrogen-bond acceptors (Lipinski definition) is 6. The molecule has 1 N–H and O–H groups in total. The monoisotopic (exact) mass is 543 g/mol. The number of sulfone groups is 1. The Kier molecular flexibility index (Phi) is 6.93. The molecule has 3 aromatic heterocycles. The van der Waals surface area contributed by atoms with E-state index in [1.807, 2.05) is 43.3 Å². The van der Waals surface area contributed by atoms with Gasteiger partial charge in [-0.05, 0) is 42.8 Å². The van der Waals surface area contributed by atoms with E-state index >= 15 is 0 Å². The first-order chi connectivity index (χ1) is 18.2. The summed E-state index contributed by atoms with van der Waals surface area (Å²) in [6, 6.07) is 22.6. The number of nitrogens with zero attached hydrogens (tertiary/aromatic N) is 2. The highest BCUT2D eigenvalue weighted by Crippen LogP contribution is 2.33. The molecule has 0 saturated carbocycles. The minimum atomic E-state index is -3.81. The molecule has 0 fully saturated rings. The third-order valence-corrected chi connectivity index (χ3v) is 7.95. The van der Waals surface area contributed by atoms with Crippen LogP contribution in [0.15, 0.2) is 94.7 Å². The zero-order chi connectivity index (χ0) is 26.9. The lowest BCUT2D eigenvalue weighted by Gasteiger charge is -2.13. The minimum absolute atomic E-state index is 0.0642. The molecular formula is C29H22ClN3O4S. The SMILES string of the molecule is Cc1cc(-c2cc3c(=O)c(CC(=O)CS(=O)(=O)c4ccccc4)c[nH]c3nc2-c2ccccc2)cc(Cl)n1. The van der Waals surface area contributed by atoms with Gasteiger partial charge >= 0.3 is 0 Å². The van der Waals surface area contributed by atoms with Crippen molar-refractivity contribution in [1.29, 1.82) is 0 Å². The number of benzene rings is 2. The van der Waals surface area contributed by atoms with E-state index in [1.165, 1.54) is 18.3 Å². The number of carbonyl (C=O) groups is 1. The van der Waals surface area contributed by atoms with Crippen LogP contribution < -0.4 is 5.43 Å². The highest BCUT2D eigenvalue weighted by atomic mass is 35.5. The maximum atomic E-state index is 13.5. The molecule has 38 heavy (non-hydrogen) atoms. The van der Waals surface area contributed by atoms with Crippen LogP contribution in [0.25, 0.3) is 33.4 Å². The van der Waals surface area contributed by atoms with Crippen molar-refractivity contribution in [3.8, 4) is 22.4 Å². The van der Waals surface area contributed by atoms with Crippen LogP contribution in [-0.4, -0.2) is 34.9 Å². The van der Waals surface area contributed by atoms with E-state index in [1.54, 1.807) is 30.3 Å². The van der Waals surface area contributed by atoms with Crippen molar-refractivity contribution >= 4 is 38.3 Å². The molecule has 0 radical (unpaired) electrons. The van der Waals surface area contributed by atoms with Crippen LogP contribution in [0.2, 0.25) is 5.15 Å². The summed E-state index contributed by atoms with van der Waals surface area (Å²) in [6.45, 7) is 1.83. The largest absolute Gasteiger partial charge is 0.346 e. The first-order valence-electron chi connectivity index (χ1n) is 11.8. The van der Waals surface area contributed by atoms with E-state index in [2.05, 4.69) is 9.97 Å². The Hall–Kier alpha value is -4.14. The van der Waals surface area contributed by atoms with Crippen molar-refractivity contribution in [2.75, 3.05) is 5.75 Å². The summed E-state index contributed by atoms with van der Waals surface area (Å²) in [5, 5.41) is 0.591. The summed E-state index contributed by atoms with van der Waals surface area (Å²) in [5.41, 5.74) is 3.74. The van der Waals surface area contributed by atoms with E-state index in [-0.39, 0.29) is 22.3 Å². The van der Waals surface area contributed by atoms with E-state index < -0.39 is 26.8 Å². The molecule has 0 unspecified atom stereocenters. The van der Waals surface area contributed by atoms with Gasteiger partial charge < -0.3 is 4.98 Å². The number of halogens is 1. The van der Waals surface area contributed by atoms with Crippen LogP contribution in [0.3, 0.4) is 0 Å². The van der Waals surface area contributed by atoms with Gasteiger partial charge in [-0.3, -0.25) is 9.59 Å². The fraction of sp³-hybridized carbons (Fsp3) is 0.103. The Balaban J connectivity index is 1.57. The number of rotatable bonds is 7. The number of carbonyl (C=O) groups excluding carboxylic acids is 1. The van der Waals surface area contributed by atoms with Crippen LogP contribution in [-0.2, 0) is 21.1 Å². The third kappa shape index (κ3) is 5.27. The third-order valence-electron chi connectivity index (χ3n) is 6.06. The molecule has 3 heterocycles. The molecule has 0 saturated heterocycles. The molecule has 0 aliphatic carbocycles. The number of aromatic nitrogens is 3. The van der Waals surface area contributed by atoms with E-state index in [4.69, 9.17) is 16.6 Å². The van der Waals surface area contributed by atoms with Gasteiger partial charge in [-0.15, -0.1) is 0 Å². The molecule has 0 spiro atoms. The fourth-order valence-electron chi connectivity index (χ4n) is 4.33. The summed E-state index contributed by atoms with van der Waals surface area (Å²) in [7, 11) is -3.81. The number of H-pyrrole nitrogens is 1. The first kappa shape index (κ1) is 25.5. The van der Waals surface area contributed by atoms with Gasteiger partial charge in [0.25, 0.3) is 0 Å². The predicted molar refractivity (Wildman–Crippen MR) is 148 cm³/mol. The van der Waals surface area contributed by atoms with E-state index in [9.17, 15) is 18.0 Å². The number of ketones is 1. The molecule has 0 atom stereocenters. The molecule has 2 aromatic carbocycles. The van der Waals surface area contributed by atoms with Gasteiger partial charge in [0.2, 0.25) is 0 Å². The molecule has 190 valence electrons. The quantitative estimate of drug-likeness (QED) is 0.283. The highest BCUT2D eigenvalue weighted by Gasteiger charge is 2.21. The second-order valence-corrected chi connectivity index (χ2v) is 11.3. The van der Waals surface area contributed by atoms with Crippen LogP contribution in [0.1, 0.15) is 11.3 Å². The predicted octanol–water partition coefficient (Wildman–Crippen LogP) is 5.20. The summed E-state index contributed by atoms with van der Waals surface area (Å²) in [6.07, 6.45) is 1.10. The normalized spacial score (nSPS) is 11.5. The van der Waals surface area contributed by atoms with Crippen LogP contribution in [0.5, 0.6) is 0 Å². The summed E-state index contributed by atoms with van der Waals surface area (Å²) in [5.74, 6) is -1.27. The summed E-state index contributed by atoms with van der Waals surface area (Å²) < 4.78 is 25.3. The summed E-state index contributed by atoms with van der Waals surface area (Å²) in [4.78, 5) is 38.3. The Morgan fingerprint density at radius 1 is 0.921 bits per heavy atom. The second kappa shape index (κ2) is 10.3. The Bertz CT molecular complexity index is 1820. The number of aryl methyl sites for hydroxylation is 1. The van der Waals surface area contributed by atoms with Crippen LogP contribution in [0, 0.1) is 6.92 Å². The van der Waals surface area contributed by atoms with Gasteiger partial charge in [0.1, 0.15) is 16.6 Å². The van der Waals surface area contributed by atoms with Gasteiger partial charge in [0.15, 0.2) is 21.0 Å². The Morgan fingerprint density at radius 2 is 1.61 bits per heavy atom. The number of nitrogens with one attached hydrogen (secondary N) is 1. The van der Waals surface area contributed by atoms with Gasteiger partial charge in [-0.2, -0.15) is 0 Å². The lowest BCUT2D eigenvalue weighted by Crippen LogP contribution is -2.22. The van der Waals surface area contributed by atoms with Gasteiger partial charge in [-0.25, -0.2) is 18.4 Å². The van der Waals surface area contributed by atoms with Gasteiger partial charge in [0, 0.05) is 35.0 Å². The minimum Gasteiger partial charge on any atom is -0.346 e. The molecule has 9 heteroatoms. The van der Waals surface area contributed by atoms with Crippen LogP contribution in [0.4, 0.5) is 0 Å². The zero-order valence-corrected chi connectivity index (χ0v) is 21.9. The Labute approximate surface area is 224 Å². The molecule has 0 aliphatic rings. The van der Waals surface area contributed by atoms with E-state index in [0.29, 0.717) is 27.8 Å². The second-order valence-electron chi connectivity index (χ2n) is 8.90. The number of Topliss-reactive ketones (excluding diaryl/α,β-unsaturated/α-hetero) is 1. The topological polar surface area (TPSA) is 110 Å². The number of aromatic amines is 1. The van der Waals surface area contributed by atoms with Gasteiger partial charge in [0.05, 0.1) is 16.0 Å². The molecule has 0 bridgehead atoms. The molecule has 5 rings (SSSR count). The van der Waals surface area contributed by atoms with Crippen molar-refractivity contribution < 1.29 is 13.2 Å².